The Balaban J connectivity index is 1.96. The number of hydrogen-bond donors (Lipinski definition) is 1. The third kappa shape index (κ3) is 5.60. The van der Waals surface area contributed by atoms with E-state index in [1.54, 1.807) is 37.4 Å². The second-order valence-corrected chi connectivity index (χ2v) is 5.85. The number of amides is 1. The number of anilines is 1. The zero-order valence-corrected chi connectivity index (χ0v) is 16.0. The molecule has 144 valence electrons. The SMILES string of the molecule is COCc1ccc(C(=O)OCC(=O)Nc2cc(Cl)c(OC)cc2OC)cc1. The molecule has 8 heteroatoms. The predicted octanol–water partition coefficient (Wildman–Crippen LogP) is 3.30. The van der Waals surface area contributed by atoms with Gasteiger partial charge in [0.15, 0.2) is 6.61 Å². The largest absolute Gasteiger partial charge is 0.495 e. The van der Waals surface area contributed by atoms with Crippen molar-refractivity contribution in [1.29, 1.82) is 0 Å². The number of esters is 1. The van der Waals surface area contributed by atoms with Gasteiger partial charge in [-0.25, -0.2) is 4.79 Å². The second-order valence-electron chi connectivity index (χ2n) is 5.44. The van der Waals surface area contributed by atoms with Gasteiger partial charge in [-0.1, -0.05) is 23.7 Å². The van der Waals surface area contributed by atoms with Gasteiger partial charge in [0.1, 0.15) is 11.5 Å². The monoisotopic (exact) mass is 393 g/mol. The molecule has 0 spiro atoms. The second kappa shape index (κ2) is 9.80. The van der Waals surface area contributed by atoms with Crippen LogP contribution in [-0.2, 0) is 20.9 Å². The predicted molar refractivity (Wildman–Crippen MR) is 101 cm³/mol. The summed E-state index contributed by atoms with van der Waals surface area (Å²) in [7, 11) is 4.51. The number of ether oxygens (including phenoxy) is 4. The average Bonchev–Trinajstić information content (AvgIpc) is 2.67. The van der Waals surface area contributed by atoms with Crippen LogP contribution in [0.3, 0.4) is 0 Å². The summed E-state index contributed by atoms with van der Waals surface area (Å²) in [5.74, 6) is -0.354. The maximum atomic E-state index is 12.1. The molecule has 2 rings (SSSR count). The molecule has 0 saturated carbocycles. The van der Waals surface area contributed by atoms with Gasteiger partial charge in [-0.2, -0.15) is 0 Å². The number of benzene rings is 2. The normalized spacial score (nSPS) is 10.2. The molecule has 2 aromatic carbocycles. The molecule has 0 saturated heterocycles. The molecule has 0 unspecified atom stereocenters. The van der Waals surface area contributed by atoms with Crippen molar-refractivity contribution in [3.8, 4) is 11.5 Å². The quantitative estimate of drug-likeness (QED) is 0.693. The van der Waals surface area contributed by atoms with Gasteiger partial charge in [0.2, 0.25) is 0 Å². The van der Waals surface area contributed by atoms with Gasteiger partial charge in [0.25, 0.3) is 5.91 Å². The van der Waals surface area contributed by atoms with Gasteiger partial charge in [-0.15, -0.1) is 0 Å². The molecule has 0 heterocycles. The van der Waals surface area contributed by atoms with E-state index in [-0.39, 0.29) is 0 Å². The van der Waals surface area contributed by atoms with Crippen molar-refractivity contribution in [3.63, 3.8) is 0 Å². The Hall–Kier alpha value is -2.77. The van der Waals surface area contributed by atoms with E-state index < -0.39 is 18.5 Å². The van der Waals surface area contributed by atoms with Crippen LogP contribution < -0.4 is 14.8 Å². The van der Waals surface area contributed by atoms with E-state index in [1.807, 2.05) is 0 Å². The van der Waals surface area contributed by atoms with E-state index in [1.165, 1.54) is 20.3 Å². The summed E-state index contributed by atoms with van der Waals surface area (Å²) in [4.78, 5) is 24.1. The van der Waals surface area contributed by atoms with Crippen molar-refractivity contribution >= 4 is 29.2 Å². The topological polar surface area (TPSA) is 83.1 Å². The van der Waals surface area contributed by atoms with Gasteiger partial charge in [0, 0.05) is 13.2 Å². The molecule has 0 atom stereocenters. The Morgan fingerprint density at radius 3 is 2.26 bits per heavy atom. The van der Waals surface area contributed by atoms with Gasteiger partial charge < -0.3 is 24.3 Å². The van der Waals surface area contributed by atoms with Crippen molar-refractivity contribution in [2.45, 2.75) is 6.61 Å². The number of carbonyl (C=O) groups is 2. The summed E-state index contributed by atoms with van der Waals surface area (Å²) in [6.07, 6.45) is 0. The molecular formula is C19H20ClNO6. The van der Waals surface area contributed by atoms with Crippen molar-refractivity contribution in [3.05, 3.63) is 52.5 Å². The maximum absolute atomic E-state index is 12.1. The number of rotatable bonds is 8. The van der Waals surface area contributed by atoms with Gasteiger partial charge in [-0.3, -0.25) is 4.79 Å². The minimum atomic E-state index is -0.603. The van der Waals surface area contributed by atoms with Crippen LogP contribution in [0.15, 0.2) is 36.4 Å². The molecule has 0 aliphatic heterocycles. The number of halogens is 1. The lowest BCUT2D eigenvalue weighted by Gasteiger charge is -2.13. The lowest BCUT2D eigenvalue weighted by atomic mass is 10.1. The van der Waals surface area contributed by atoms with E-state index in [4.69, 9.17) is 30.5 Å². The highest BCUT2D eigenvalue weighted by atomic mass is 35.5. The summed E-state index contributed by atoms with van der Waals surface area (Å²) in [5.41, 5.74) is 1.61. The Labute approximate surface area is 162 Å². The van der Waals surface area contributed by atoms with Crippen LogP contribution in [0.25, 0.3) is 0 Å². The molecule has 0 radical (unpaired) electrons. The molecule has 0 aromatic heterocycles. The van der Waals surface area contributed by atoms with Crippen LogP contribution in [0.5, 0.6) is 11.5 Å². The molecule has 1 N–H and O–H groups in total. The molecular weight excluding hydrogens is 374 g/mol. The molecule has 0 bridgehead atoms. The van der Waals surface area contributed by atoms with Gasteiger partial charge >= 0.3 is 5.97 Å². The summed E-state index contributed by atoms with van der Waals surface area (Å²) in [6, 6.07) is 9.77. The summed E-state index contributed by atoms with van der Waals surface area (Å²) >= 11 is 6.06. The standard InChI is InChI=1S/C19H20ClNO6/c1-24-10-12-4-6-13(7-5-12)19(23)27-11-18(22)21-15-8-14(20)16(25-2)9-17(15)26-3/h4-9H,10-11H2,1-3H3,(H,21,22). The van der Waals surface area contributed by atoms with E-state index in [2.05, 4.69) is 5.32 Å². The van der Waals surface area contributed by atoms with Crippen molar-refractivity contribution < 1.29 is 28.5 Å². The van der Waals surface area contributed by atoms with Crippen molar-refractivity contribution in [2.75, 3.05) is 33.3 Å². The Morgan fingerprint density at radius 1 is 1.00 bits per heavy atom. The van der Waals surface area contributed by atoms with Crippen LogP contribution in [0.1, 0.15) is 15.9 Å². The Bertz CT molecular complexity index is 807. The molecule has 1 amide bonds. The van der Waals surface area contributed by atoms with Crippen LogP contribution in [-0.4, -0.2) is 39.8 Å². The summed E-state index contributed by atoms with van der Waals surface area (Å²) in [6.45, 7) is -0.00452. The lowest BCUT2D eigenvalue weighted by molar-refractivity contribution is -0.119. The molecule has 7 nitrogen and oxygen atoms in total. The molecule has 2 aromatic rings. The van der Waals surface area contributed by atoms with E-state index >= 15 is 0 Å². The van der Waals surface area contributed by atoms with Crippen LogP contribution in [0, 0.1) is 0 Å². The van der Waals surface area contributed by atoms with Crippen LogP contribution in [0.4, 0.5) is 5.69 Å². The fourth-order valence-corrected chi connectivity index (χ4v) is 2.50. The smallest absolute Gasteiger partial charge is 0.338 e. The number of methoxy groups -OCH3 is 3. The summed E-state index contributed by atoms with van der Waals surface area (Å²) < 4.78 is 20.3. The minimum absolute atomic E-state index is 0.307. The first-order chi connectivity index (χ1) is 13.0. The lowest BCUT2D eigenvalue weighted by Crippen LogP contribution is -2.21. The molecule has 0 aliphatic rings. The van der Waals surface area contributed by atoms with Gasteiger partial charge in [-0.05, 0) is 23.8 Å². The van der Waals surface area contributed by atoms with E-state index in [9.17, 15) is 9.59 Å². The van der Waals surface area contributed by atoms with Crippen LogP contribution in [0.2, 0.25) is 5.02 Å². The number of hydrogen-bond acceptors (Lipinski definition) is 6. The van der Waals surface area contributed by atoms with Crippen molar-refractivity contribution in [1.82, 2.24) is 0 Å². The van der Waals surface area contributed by atoms with Crippen LogP contribution >= 0.6 is 11.6 Å². The fraction of sp³-hybridized carbons (Fsp3) is 0.263. The molecule has 0 fully saturated rings. The van der Waals surface area contributed by atoms with E-state index in [0.29, 0.717) is 34.4 Å². The Kier molecular flexibility index (Phi) is 7.45. The first kappa shape index (κ1) is 20.5. The molecule has 27 heavy (non-hydrogen) atoms. The number of carbonyl (C=O) groups excluding carboxylic acids is 2. The third-order valence-corrected chi connectivity index (χ3v) is 3.88. The zero-order chi connectivity index (χ0) is 19.8. The zero-order valence-electron chi connectivity index (χ0n) is 15.2. The highest BCUT2D eigenvalue weighted by molar-refractivity contribution is 6.32. The Morgan fingerprint density at radius 2 is 1.67 bits per heavy atom. The molecule has 0 aliphatic carbocycles. The van der Waals surface area contributed by atoms with E-state index in [0.717, 1.165) is 5.56 Å². The minimum Gasteiger partial charge on any atom is -0.495 e. The highest BCUT2D eigenvalue weighted by Crippen LogP contribution is 2.35. The van der Waals surface area contributed by atoms with Crippen molar-refractivity contribution in [2.24, 2.45) is 0 Å². The number of nitrogens with one attached hydrogen (secondary N) is 1. The highest BCUT2D eigenvalue weighted by Gasteiger charge is 2.14. The average molecular weight is 394 g/mol. The third-order valence-electron chi connectivity index (χ3n) is 3.58. The maximum Gasteiger partial charge on any atom is 0.338 e. The van der Waals surface area contributed by atoms with Gasteiger partial charge in [0.05, 0.1) is 37.1 Å². The first-order valence-electron chi connectivity index (χ1n) is 7.94. The fourth-order valence-electron chi connectivity index (χ4n) is 2.26. The first-order valence-corrected chi connectivity index (χ1v) is 8.32. The summed E-state index contributed by atoms with van der Waals surface area (Å²) in [5, 5.41) is 2.90.